The summed E-state index contributed by atoms with van der Waals surface area (Å²) in [5.41, 5.74) is 1.84. The van der Waals surface area contributed by atoms with Crippen LogP contribution in [0.15, 0.2) is 60.7 Å². The average Bonchev–Trinajstić information content (AvgIpc) is 3.51. The predicted molar refractivity (Wildman–Crippen MR) is 120 cm³/mol. The van der Waals surface area contributed by atoms with Crippen molar-refractivity contribution in [2.75, 3.05) is 33.0 Å². The highest BCUT2D eigenvalue weighted by molar-refractivity contribution is 5.98. The molecule has 6 nitrogen and oxygen atoms in total. The molecule has 1 aliphatic carbocycles. The van der Waals surface area contributed by atoms with Crippen LogP contribution < -0.4 is 9.47 Å². The third-order valence-corrected chi connectivity index (χ3v) is 6.81. The maximum atomic E-state index is 13.0. The van der Waals surface area contributed by atoms with E-state index in [2.05, 4.69) is 0 Å². The van der Waals surface area contributed by atoms with Crippen molar-refractivity contribution in [1.82, 2.24) is 9.80 Å². The van der Waals surface area contributed by atoms with E-state index in [1.165, 1.54) is 0 Å². The summed E-state index contributed by atoms with van der Waals surface area (Å²) in [5, 5.41) is 2.19. The highest BCUT2D eigenvalue weighted by Crippen LogP contribution is 2.50. The molecular weight excluding hydrogens is 404 g/mol. The monoisotopic (exact) mass is 428 g/mol. The number of nitrogens with zero attached hydrogens (tertiary/aromatic N) is 2. The van der Waals surface area contributed by atoms with Crippen molar-refractivity contribution in [1.29, 1.82) is 0 Å². The second-order valence-electron chi connectivity index (χ2n) is 8.74. The van der Waals surface area contributed by atoms with Crippen LogP contribution in [0.5, 0.6) is 11.5 Å². The van der Waals surface area contributed by atoms with Crippen molar-refractivity contribution in [2.45, 2.75) is 12.3 Å². The Morgan fingerprint density at radius 2 is 1.53 bits per heavy atom. The molecule has 0 aromatic heterocycles. The predicted octanol–water partition coefficient (Wildman–Crippen LogP) is 3.66. The molecule has 2 amide bonds. The zero-order valence-corrected chi connectivity index (χ0v) is 17.7. The fourth-order valence-corrected chi connectivity index (χ4v) is 4.85. The van der Waals surface area contributed by atoms with Gasteiger partial charge < -0.3 is 19.3 Å². The van der Waals surface area contributed by atoms with Gasteiger partial charge in [0.1, 0.15) is 0 Å². The zero-order chi connectivity index (χ0) is 21.7. The second kappa shape index (κ2) is 7.55. The maximum Gasteiger partial charge on any atom is 0.253 e. The number of carbonyl (C=O) groups is 2. The van der Waals surface area contributed by atoms with Crippen LogP contribution in [0, 0.1) is 5.92 Å². The summed E-state index contributed by atoms with van der Waals surface area (Å²) in [6, 6.07) is 19.8. The number of carbonyl (C=O) groups excluding carboxylic acids is 2. The lowest BCUT2D eigenvalue weighted by molar-refractivity contribution is -0.134. The van der Waals surface area contributed by atoms with E-state index in [9.17, 15) is 9.59 Å². The minimum Gasteiger partial charge on any atom is -0.454 e. The van der Waals surface area contributed by atoms with E-state index in [4.69, 9.17) is 9.47 Å². The summed E-state index contributed by atoms with van der Waals surface area (Å²) >= 11 is 0. The van der Waals surface area contributed by atoms with Gasteiger partial charge in [-0.1, -0.05) is 36.4 Å². The van der Waals surface area contributed by atoms with E-state index in [-0.39, 0.29) is 30.4 Å². The summed E-state index contributed by atoms with van der Waals surface area (Å²) in [4.78, 5) is 29.8. The molecule has 0 spiro atoms. The topological polar surface area (TPSA) is 59.1 Å². The van der Waals surface area contributed by atoms with Crippen molar-refractivity contribution in [3.8, 4) is 11.5 Å². The standard InChI is InChI=1S/C26H24N2O4/c29-25(20-6-5-17-3-1-2-4-18(17)13-20)27-9-11-28(12-10-27)26(30)22-15-21(22)19-7-8-23-24(14-19)32-16-31-23/h1-8,13-14,21-22H,9-12,15-16H2. The van der Waals surface area contributed by atoms with Gasteiger partial charge in [-0.25, -0.2) is 0 Å². The van der Waals surface area contributed by atoms with E-state index >= 15 is 0 Å². The number of ether oxygens (including phenoxy) is 2. The molecule has 1 saturated heterocycles. The van der Waals surface area contributed by atoms with Gasteiger partial charge in [0.2, 0.25) is 12.7 Å². The van der Waals surface area contributed by atoms with E-state index in [1.54, 1.807) is 0 Å². The van der Waals surface area contributed by atoms with Crippen molar-refractivity contribution >= 4 is 22.6 Å². The molecule has 1 saturated carbocycles. The lowest BCUT2D eigenvalue weighted by Gasteiger charge is -2.35. The van der Waals surface area contributed by atoms with Gasteiger partial charge in [0.15, 0.2) is 11.5 Å². The summed E-state index contributed by atoms with van der Waals surface area (Å²) in [6.07, 6.45) is 0.870. The minimum atomic E-state index is 0.0260. The first-order valence-corrected chi connectivity index (χ1v) is 11.1. The number of fused-ring (bicyclic) bond motifs is 2. The maximum absolute atomic E-state index is 13.0. The van der Waals surface area contributed by atoms with Crippen LogP contribution in [0.1, 0.15) is 28.3 Å². The zero-order valence-electron chi connectivity index (χ0n) is 17.7. The van der Waals surface area contributed by atoms with Crippen LogP contribution in [0.4, 0.5) is 0 Å². The summed E-state index contributed by atoms with van der Waals surface area (Å²) < 4.78 is 10.8. The molecular formula is C26H24N2O4. The summed E-state index contributed by atoms with van der Waals surface area (Å²) in [5.74, 6) is 2.04. The van der Waals surface area contributed by atoms with Gasteiger partial charge in [-0.2, -0.15) is 0 Å². The molecule has 3 aliphatic rings. The Morgan fingerprint density at radius 3 is 2.38 bits per heavy atom. The van der Waals surface area contributed by atoms with Gasteiger partial charge in [-0.3, -0.25) is 9.59 Å². The number of benzene rings is 3. The Kier molecular flexibility index (Phi) is 4.52. The van der Waals surface area contributed by atoms with E-state index in [1.807, 2.05) is 70.5 Å². The molecule has 0 N–H and O–H groups in total. The highest BCUT2D eigenvalue weighted by atomic mass is 16.7. The first kappa shape index (κ1) is 19.2. The van der Waals surface area contributed by atoms with Crippen LogP contribution >= 0.6 is 0 Å². The molecule has 32 heavy (non-hydrogen) atoms. The molecule has 6 heteroatoms. The minimum absolute atomic E-state index is 0.0260. The van der Waals surface area contributed by atoms with Gasteiger partial charge in [0, 0.05) is 37.7 Å². The largest absolute Gasteiger partial charge is 0.454 e. The quantitative estimate of drug-likeness (QED) is 0.639. The molecule has 2 atom stereocenters. The van der Waals surface area contributed by atoms with Crippen molar-refractivity contribution in [3.63, 3.8) is 0 Å². The third-order valence-electron chi connectivity index (χ3n) is 6.81. The number of hydrogen-bond donors (Lipinski definition) is 0. The van der Waals surface area contributed by atoms with Crippen molar-refractivity contribution in [2.24, 2.45) is 5.92 Å². The van der Waals surface area contributed by atoms with E-state index in [0.29, 0.717) is 31.7 Å². The van der Waals surface area contributed by atoms with Crippen LogP contribution in [0.25, 0.3) is 10.8 Å². The average molecular weight is 428 g/mol. The summed E-state index contributed by atoms with van der Waals surface area (Å²) in [7, 11) is 0. The molecule has 3 aromatic rings. The molecule has 3 aromatic carbocycles. The molecule has 6 rings (SSSR count). The molecule has 2 aliphatic heterocycles. The lowest BCUT2D eigenvalue weighted by Crippen LogP contribution is -2.51. The van der Waals surface area contributed by atoms with E-state index < -0.39 is 0 Å². The number of piperazine rings is 1. The SMILES string of the molecule is O=C(c1ccc2ccccc2c1)N1CCN(C(=O)C2CC2c2ccc3c(c2)OCO3)CC1. The van der Waals surface area contributed by atoms with E-state index in [0.717, 1.165) is 34.3 Å². The molecule has 162 valence electrons. The summed E-state index contributed by atoms with van der Waals surface area (Å²) in [6.45, 7) is 2.57. The van der Waals surface area contributed by atoms with Gasteiger partial charge in [0.25, 0.3) is 5.91 Å². The van der Waals surface area contributed by atoms with Crippen LogP contribution in [-0.2, 0) is 4.79 Å². The Balaban J connectivity index is 1.07. The van der Waals surface area contributed by atoms with Crippen LogP contribution in [0.2, 0.25) is 0 Å². The molecule has 2 unspecified atom stereocenters. The van der Waals surface area contributed by atoms with Gasteiger partial charge >= 0.3 is 0 Å². The first-order chi connectivity index (χ1) is 15.7. The van der Waals surface area contributed by atoms with Crippen LogP contribution in [0.3, 0.4) is 0 Å². The normalized spacial score (nSPS) is 21.6. The fraction of sp³-hybridized carbons (Fsp3) is 0.308. The Hall–Kier alpha value is -3.54. The van der Waals surface area contributed by atoms with Crippen molar-refractivity contribution < 1.29 is 19.1 Å². The number of amides is 2. The van der Waals surface area contributed by atoms with Gasteiger partial charge in [0.05, 0.1) is 0 Å². The van der Waals surface area contributed by atoms with Gasteiger partial charge in [-0.05, 0) is 52.9 Å². The van der Waals surface area contributed by atoms with Crippen LogP contribution in [-0.4, -0.2) is 54.6 Å². The highest BCUT2D eigenvalue weighted by Gasteiger charge is 2.46. The van der Waals surface area contributed by atoms with Gasteiger partial charge in [-0.15, -0.1) is 0 Å². The lowest BCUT2D eigenvalue weighted by atomic mass is 10.1. The second-order valence-corrected chi connectivity index (χ2v) is 8.74. The number of hydrogen-bond acceptors (Lipinski definition) is 4. The fourth-order valence-electron chi connectivity index (χ4n) is 4.85. The molecule has 2 heterocycles. The Morgan fingerprint density at radius 1 is 0.781 bits per heavy atom. The Bertz CT molecular complexity index is 1220. The molecule has 0 radical (unpaired) electrons. The third kappa shape index (κ3) is 3.36. The number of rotatable bonds is 3. The smallest absolute Gasteiger partial charge is 0.253 e. The first-order valence-electron chi connectivity index (χ1n) is 11.1. The Labute approximate surface area is 186 Å². The molecule has 0 bridgehead atoms. The molecule has 2 fully saturated rings. The van der Waals surface area contributed by atoms with Crippen molar-refractivity contribution in [3.05, 3.63) is 71.8 Å².